The van der Waals surface area contributed by atoms with Gasteiger partial charge in [0.25, 0.3) is 5.91 Å². The van der Waals surface area contributed by atoms with E-state index in [1.165, 1.54) is 24.3 Å². The molecule has 0 fully saturated rings. The van der Waals surface area contributed by atoms with Crippen LogP contribution < -0.4 is 5.32 Å². The summed E-state index contributed by atoms with van der Waals surface area (Å²) in [6.45, 7) is 2.71. The Bertz CT molecular complexity index is 339. The van der Waals surface area contributed by atoms with Crippen molar-refractivity contribution < 1.29 is 9.18 Å². The van der Waals surface area contributed by atoms with Crippen LogP contribution >= 0.6 is 15.9 Å². The molecule has 2 nitrogen and oxygen atoms in total. The number of benzene rings is 1. The maximum atomic E-state index is 12.6. The maximum absolute atomic E-state index is 12.6. The highest BCUT2D eigenvalue weighted by atomic mass is 79.9. The standard InChI is InChI=1S/C12H15BrFNO/c1-2-10(13)7-8-15-12(16)9-3-5-11(14)6-4-9/h3-6,10H,2,7-8H2,1H3,(H,15,16). The summed E-state index contributed by atoms with van der Waals surface area (Å²) < 4.78 is 12.6. The van der Waals surface area contributed by atoms with E-state index >= 15 is 0 Å². The summed E-state index contributed by atoms with van der Waals surface area (Å²) in [5.41, 5.74) is 0.490. The van der Waals surface area contributed by atoms with Gasteiger partial charge >= 0.3 is 0 Å². The summed E-state index contributed by atoms with van der Waals surface area (Å²) in [5, 5.41) is 2.79. The molecule has 0 radical (unpaired) electrons. The molecule has 0 aliphatic rings. The van der Waals surface area contributed by atoms with Crippen molar-refractivity contribution >= 4 is 21.8 Å². The second-order valence-electron chi connectivity index (χ2n) is 3.56. The molecule has 1 unspecified atom stereocenters. The van der Waals surface area contributed by atoms with Gasteiger partial charge < -0.3 is 5.32 Å². The summed E-state index contributed by atoms with van der Waals surface area (Å²) in [5.74, 6) is -0.487. The van der Waals surface area contributed by atoms with Crippen molar-refractivity contribution in [2.24, 2.45) is 0 Å². The smallest absolute Gasteiger partial charge is 0.251 e. The maximum Gasteiger partial charge on any atom is 0.251 e. The Morgan fingerprint density at radius 2 is 2.06 bits per heavy atom. The molecule has 1 aromatic rings. The van der Waals surface area contributed by atoms with Gasteiger partial charge in [0, 0.05) is 16.9 Å². The Balaban J connectivity index is 2.38. The fourth-order valence-corrected chi connectivity index (χ4v) is 1.48. The van der Waals surface area contributed by atoms with Gasteiger partial charge in [-0.15, -0.1) is 0 Å². The van der Waals surface area contributed by atoms with Crippen LogP contribution in [0.5, 0.6) is 0 Å². The first-order valence-corrected chi connectivity index (χ1v) is 6.23. The van der Waals surface area contributed by atoms with Gasteiger partial charge in [-0.1, -0.05) is 22.9 Å². The van der Waals surface area contributed by atoms with E-state index in [-0.39, 0.29) is 11.7 Å². The van der Waals surface area contributed by atoms with E-state index < -0.39 is 0 Å². The van der Waals surface area contributed by atoms with Gasteiger partial charge in [0.2, 0.25) is 0 Å². The number of nitrogens with one attached hydrogen (secondary N) is 1. The predicted octanol–water partition coefficient (Wildman–Crippen LogP) is 3.12. The second kappa shape index (κ2) is 6.63. The summed E-state index contributed by atoms with van der Waals surface area (Å²) in [7, 11) is 0. The fraction of sp³-hybridized carbons (Fsp3) is 0.417. The lowest BCUT2D eigenvalue weighted by atomic mass is 10.2. The Kier molecular flexibility index (Phi) is 5.46. The normalized spacial score (nSPS) is 12.2. The molecule has 0 saturated heterocycles. The minimum absolute atomic E-state index is 0.157. The van der Waals surface area contributed by atoms with Crippen LogP contribution in [0, 0.1) is 5.82 Å². The van der Waals surface area contributed by atoms with Crippen molar-refractivity contribution in [1.29, 1.82) is 0 Å². The summed E-state index contributed by atoms with van der Waals surface area (Å²) in [6, 6.07) is 5.54. The molecular formula is C12H15BrFNO. The molecule has 0 aliphatic heterocycles. The number of rotatable bonds is 5. The zero-order valence-electron chi connectivity index (χ0n) is 9.17. The zero-order chi connectivity index (χ0) is 12.0. The van der Waals surface area contributed by atoms with Crippen molar-refractivity contribution in [3.05, 3.63) is 35.6 Å². The molecule has 0 aliphatic carbocycles. The highest BCUT2D eigenvalue weighted by Gasteiger charge is 2.06. The van der Waals surface area contributed by atoms with E-state index in [0.29, 0.717) is 16.9 Å². The van der Waals surface area contributed by atoms with E-state index in [1.54, 1.807) is 0 Å². The molecule has 0 aromatic heterocycles. The summed E-state index contributed by atoms with van der Waals surface area (Å²) in [6.07, 6.45) is 1.93. The highest BCUT2D eigenvalue weighted by molar-refractivity contribution is 9.09. The van der Waals surface area contributed by atoms with Gasteiger partial charge in [0.1, 0.15) is 5.82 Å². The molecule has 0 spiro atoms. The van der Waals surface area contributed by atoms with Gasteiger partial charge in [0.05, 0.1) is 0 Å². The van der Waals surface area contributed by atoms with Crippen LogP contribution in [0.4, 0.5) is 4.39 Å². The first kappa shape index (κ1) is 13.2. The highest BCUT2D eigenvalue weighted by Crippen LogP contribution is 2.08. The lowest BCUT2D eigenvalue weighted by Crippen LogP contribution is -2.25. The summed E-state index contributed by atoms with van der Waals surface area (Å²) >= 11 is 3.49. The van der Waals surface area contributed by atoms with Crippen LogP contribution in [0.15, 0.2) is 24.3 Å². The van der Waals surface area contributed by atoms with Crippen molar-refractivity contribution in [2.75, 3.05) is 6.54 Å². The Labute approximate surface area is 103 Å². The van der Waals surface area contributed by atoms with Crippen LogP contribution in [0.25, 0.3) is 0 Å². The molecular weight excluding hydrogens is 273 g/mol. The Hall–Kier alpha value is -0.900. The molecule has 4 heteroatoms. The van der Waals surface area contributed by atoms with Gasteiger partial charge in [-0.25, -0.2) is 4.39 Å². The number of hydrogen-bond donors (Lipinski definition) is 1. The first-order chi connectivity index (χ1) is 7.63. The van der Waals surface area contributed by atoms with E-state index in [9.17, 15) is 9.18 Å². The molecule has 88 valence electrons. The van der Waals surface area contributed by atoms with Gasteiger partial charge in [-0.05, 0) is 37.1 Å². The third kappa shape index (κ3) is 4.31. The molecule has 1 atom stereocenters. The topological polar surface area (TPSA) is 29.1 Å². The average molecular weight is 288 g/mol. The van der Waals surface area contributed by atoms with Gasteiger partial charge in [0.15, 0.2) is 0 Å². The third-order valence-corrected chi connectivity index (χ3v) is 3.40. The van der Waals surface area contributed by atoms with E-state index in [2.05, 4.69) is 28.2 Å². The molecule has 0 heterocycles. The van der Waals surface area contributed by atoms with Crippen molar-refractivity contribution in [1.82, 2.24) is 5.32 Å². The molecule has 0 bridgehead atoms. The number of carbonyl (C=O) groups excluding carboxylic acids is 1. The van der Waals surface area contributed by atoms with Crippen LogP contribution in [0.1, 0.15) is 30.1 Å². The first-order valence-electron chi connectivity index (χ1n) is 5.31. The molecule has 0 saturated carbocycles. The zero-order valence-corrected chi connectivity index (χ0v) is 10.8. The fourth-order valence-electron chi connectivity index (χ4n) is 1.25. The lowest BCUT2D eigenvalue weighted by Gasteiger charge is -2.08. The van der Waals surface area contributed by atoms with Crippen LogP contribution in [-0.4, -0.2) is 17.3 Å². The van der Waals surface area contributed by atoms with E-state index in [1.807, 2.05) is 0 Å². The van der Waals surface area contributed by atoms with Crippen molar-refractivity contribution in [2.45, 2.75) is 24.6 Å². The largest absolute Gasteiger partial charge is 0.352 e. The van der Waals surface area contributed by atoms with Crippen molar-refractivity contribution in [3.8, 4) is 0 Å². The summed E-state index contributed by atoms with van der Waals surface area (Å²) in [4.78, 5) is 12.0. The molecule has 1 N–H and O–H groups in total. The Morgan fingerprint density at radius 3 is 2.62 bits per heavy atom. The van der Waals surface area contributed by atoms with Gasteiger partial charge in [-0.2, -0.15) is 0 Å². The second-order valence-corrected chi connectivity index (χ2v) is 4.85. The minimum Gasteiger partial charge on any atom is -0.352 e. The molecule has 1 amide bonds. The average Bonchev–Trinajstić information content (AvgIpc) is 2.29. The minimum atomic E-state index is -0.331. The van der Waals surface area contributed by atoms with Crippen LogP contribution in [-0.2, 0) is 0 Å². The Morgan fingerprint density at radius 1 is 1.44 bits per heavy atom. The quantitative estimate of drug-likeness (QED) is 0.829. The van der Waals surface area contributed by atoms with Gasteiger partial charge in [-0.3, -0.25) is 4.79 Å². The number of hydrogen-bond acceptors (Lipinski definition) is 1. The molecule has 1 aromatic carbocycles. The number of carbonyl (C=O) groups is 1. The number of alkyl halides is 1. The number of amides is 1. The van der Waals surface area contributed by atoms with Crippen LogP contribution in [0.3, 0.4) is 0 Å². The third-order valence-electron chi connectivity index (χ3n) is 2.29. The van der Waals surface area contributed by atoms with E-state index in [4.69, 9.17) is 0 Å². The van der Waals surface area contributed by atoms with Crippen molar-refractivity contribution in [3.63, 3.8) is 0 Å². The lowest BCUT2D eigenvalue weighted by molar-refractivity contribution is 0.0953. The molecule has 1 rings (SSSR count). The van der Waals surface area contributed by atoms with Crippen LogP contribution in [0.2, 0.25) is 0 Å². The monoisotopic (exact) mass is 287 g/mol. The van der Waals surface area contributed by atoms with E-state index in [0.717, 1.165) is 12.8 Å². The number of halogens is 2. The molecule has 16 heavy (non-hydrogen) atoms. The SMILES string of the molecule is CCC(Br)CCNC(=O)c1ccc(F)cc1. The predicted molar refractivity (Wildman–Crippen MR) is 66.4 cm³/mol.